The maximum atomic E-state index is 12.3. The number of hydrogen-bond acceptors (Lipinski definition) is 3. The lowest BCUT2D eigenvalue weighted by atomic mass is 10.1. The van der Waals surface area contributed by atoms with Crippen molar-refractivity contribution in [3.8, 4) is 11.5 Å². The van der Waals surface area contributed by atoms with Crippen molar-refractivity contribution in [1.82, 2.24) is 0 Å². The van der Waals surface area contributed by atoms with Gasteiger partial charge in [0.1, 0.15) is 17.1 Å². The second kappa shape index (κ2) is 6.35. The quantitative estimate of drug-likeness (QED) is 0.628. The molecule has 0 unspecified atom stereocenters. The molecular weight excluding hydrogens is 278 g/mol. The van der Waals surface area contributed by atoms with Crippen molar-refractivity contribution >= 4 is 5.97 Å². The summed E-state index contributed by atoms with van der Waals surface area (Å²) < 4.78 is 34.2. The highest BCUT2D eigenvalue weighted by Crippen LogP contribution is 2.23. The third-order valence-electron chi connectivity index (χ3n) is 2.73. The van der Waals surface area contributed by atoms with Crippen LogP contribution in [0.3, 0.4) is 0 Å². The monoisotopic (exact) mass is 292 g/mol. The molecule has 3 nitrogen and oxygen atoms in total. The highest BCUT2D eigenvalue weighted by molar-refractivity contribution is 5.94. The summed E-state index contributed by atoms with van der Waals surface area (Å²) >= 11 is 0. The van der Waals surface area contributed by atoms with Crippen LogP contribution in [0.25, 0.3) is 0 Å². The minimum atomic E-state index is -3.00. The van der Waals surface area contributed by atoms with Gasteiger partial charge in [-0.2, -0.15) is 8.78 Å². The molecule has 0 saturated heterocycles. The van der Waals surface area contributed by atoms with Crippen LogP contribution in [0, 0.1) is 13.8 Å². The predicted octanol–water partition coefficient (Wildman–Crippen LogP) is 4.12. The summed E-state index contributed by atoms with van der Waals surface area (Å²) in [7, 11) is 0. The zero-order chi connectivity index (χ0) is 15.4. The molecule has 0 atom stereocenters. The van der Waals surface area contributed by atoms with Gasteiger partial charge in [-0.05, 0) is 49.2 Å². The molecule has 0 aliphatic rings. The summed E-state index contributed by atoms with van der Waals surface area (Å²) in [6.45, 7) is 0.747. The van der Waals surface area contributed by atoms with E-state index in [0.717, 1.165) is 11.1 Å². The number of ether oxygens (including phenoxy) is 2. The molecule has 110 valence electrons. The van der Waals surface area contributed by atoms with Crippen LogP contribution < -0.4 is 9.47 Å². The molecule has 0 bridgehead atoms. The van der Waals surface area contributed by atoms with Crippen molar-refractivity contribution in [3.05, 3.63) is 59.2 Å². The molecule has 0 N–H and O–H groups in total. The Morgan fingerprint density at radius 3 is 2.29 bits per heavy atom. The molecule has 21 heavy (non-hydrogen) atoms. The molecule has 0 aliphatic heterocycles. The first kappa shape index (κ1) is 15.0. The van der Waals surface area contributed by atoms with E-state index in [4.69, 9.17) is 4.74 Å². The number of benzene rings is 2. The number of rotatable bonds is 4. The normalized spacial score (nSPS) is 10.5. The van der Waals surface area contributed by atoms with Crippen LogP contribution in [0.1, 0.15) is 21.5 Å². The maximum Gasteiger partial charge on any atom is 0.387 e. The van der Waals surface area contributed by atoms with Crippen LogP contribution in [0.5, 0.6) is 11.5 Å². The van der Waals surface area contributed by atoms with Crippen molar-refractivity contribution in [3.63, 3.8) is 0 Å². The Labute approximate surface area is 121 Å². The van der Waals surface area contributed by atoms with E-state index in [1.807, 2.05) is 19.9 Å². The number of carbonyl (C=O) groups is 1. The second-order valence-electron chi connectivity index (χ2n) is 4.59. The summed E-state index contributed by atoms with van der Waals surface area (Å²) in [6.07, 6.45) is 0. The summed E-state index contributed by atoms with van der Waals surface area (Å²) in [6, 6.07) is 11.1. The van der Waals surface area contributed by atoms with Gasteiger partial charge in [-0.25, -0.2) is 4.79 Å². The molecule has 0 spiro atoms. The number of alkyl halides is 2. The lowest BCUT2D eigenvalue weighted by Gasteiger charge is -2.10. The van der Waals surface area contributed by atoms with Gasteiger partial charge in [0, 0.05) is 0 Å². The molecule has 0 radical (unpaired) electrons. The van der Waals surface area contributed by atoms with Gasteiger partial charge in [-0.15, -0.1) is 0 Å². The van der Waals surface area contributed by atoms with E-state index in [0.29, 0.717) is 5.75 Å². The Morgan fingerprint density at radius 1 is 1.05 bits per heavy atom. The van der Waals surface area contributed by atoms with E-state index in [9.17, 15) is 13.6 Å². The molecule has 5 heteroatoms. The standard InChI is InChI=1S/C16H14F2O3/c1-10-7-11(2)9-12(8-10)20-15(19)13-5-3-4-6-14(13)21-16(17)18/h3-9,16H,1-2H3. The predicted molar refractivity (Wildman–Crippen MR) is 73.9 cm³/mol. The smallest absolute Gasteiger partial charge is 0.387 e. The van der Waals surface area contributed by atoms with Crippen molar-refractivity contribution in [2.75, 3.05) is 0 Å². The minimum Gasteiger partial charge on any atom is -0.434 e. The third-order valence-corrected chi connectivity index (χ3v) is 2.73. The fraction of sp³-hybridized carbons (Fsp3) is 0.188. The largest absolute Gasteiger partial charge is 0.434 e. The number of aryl methyl sites for hydroxylation is 2. The molecule has 2 aromatic carbocycles. The van der Waals surface area contributed by atoms with Crippen LogP contribution in [-0.4, -0.2) is 12.6 Å². The molecule has 0 aromatic heterocycles. The lowest BCUT2D eigenvalue weighted by Crippen LogP contribution is -2.12. The fourth-order valence-corrected chi connectivity index (χ4v) is 1.99. The molecule has 0 fully saturated rings. The molecule has 2 rings (SSSR count). The highest BCUT2D eigenvalue weighted by Gasteiger charge is 2.17. The van der Waals surface area contributed by atoms with Gasteiger partial charge >= 0.3 is 12.6 Å². The Kier molecular flexibility index (Phi) is 4.52. The minimum absolute atomic E-state index is 0.0445. The average Bonchev–Trinajstić information content (AvgIpc) is 2.37. The molecular formula is C16H14F2O3. The first-order valence-corrected chi connectivity index (χ1v) is 6.30. The van der Waals surface area contributed by atoms with Crippen LogP contribution in [0.2, 0.25) is 0 Å². The fourth-order valence-electron chi connectivity index (χ4n) is 1.99. The van der Waals surface area contributed by atoms with Gasteiger partial charge in [0.2, 0.25) is 0 Å². The molecule has 0 amide bonds. The van der Waals surface area contributed by atoms with E-state index < -0.39 is 12.6 Å². The summed E-state index contributed by atoms with van der Waals surface area (Å²) in [5, 5.41) is 0. The van der Waals surface area contributed by atoms with Gasteiger partial charge < -0.3 is 9.47 Å². The highest BCUT2D eigenvalue weighted by atomic mass is 19.3. The van der Waals surface area contributed by atoms with E-state index in [2.05, 4.69) is 4.74 Å². The topological polar surface area (TPSA) is 35.5 Å². The zero-order valence-electron chi connectivity index (χ0n) is 11.6. The molecule has 0 heterocycles. The van der Waals surface area contributed by atoms with Crippen LogP contribution >= 0.6 is 0 Å². The van der Waals surface area contributed by atoms with Gasteiger partial charge in [-0.1, -0.05) is 18.2 Å². The van der Waals surface area contributed by atoms with Gasteiger partial charge in [0.25, 0.3) is 0 Å². The van der Waals surface area contributed by atoms with Gasteiger partial charge in [0.05, 0.1) is 0 Å². The number of hydrogen-bond donors (Lipinski definition) is 0. The third kappa shape index (κ3) is 4.02. The first-order valence-electron chi connectivity index (χ1n) is 6.30. The maximum absolute atomic E-state index is 12.3. The van der Waals surface area contributed by atoms with Crippen molar-refractivity contribution in [2.45, 2.75) is 20.5 Å². The SMILES string of the molecule is Cc1cc(C)cc(OC(=O)c2ccccc2OC(F)F)c1. The Morgan fingerprint density at radius 2 is 1.67 bits per heavy atom. The van der Waals surface area contributed by atoms with Gasteiger partial charge in [-0.3, -0.25) is 0 Å². The Bertz CT molecular complexity index is 633. The second-order valence-corrected chi connectivity index (χ2v) is 4.59. The number of para-hydroxylation sites is 1. The van der Waals surface area contributed by atoms with E-state index >= 15 is 0 Å². The van der Waals surface area contributed by atoms with Crippen molar-refractivity contribution in [1.29, 1.82) is 0 Å². The molecule has 0 aliphatic carbocycles. The number of halogens is 2. The van der Waals surface area contributed by atoms with E-state index in [-0.39, 0.29) is 11.3 Å². The number of carbonyl (C=O) groups excluding carboxylic acids is 1. The van der Waals surface area contributed by atoms with Crippen molar-refractivity contribution < 1.29 is 23.0 Å². The Hall–Kier alpha value is -2.43. The summed E-state index contributed by atoms with van der Waals surface area (Å²) in [5.74, 6) is -0.581. The van der Waals surface area contributed by atoms with Crippen LogP contribution in [0.15, 0.2) is 42.5 Å². The summed E-state index contributed by atoms with van der Waals surface area (Å²) in [4.78, 5) is 12.1. The summed E-state index contributed by atoms with van der Waals surface area (Å²) in [5.41, 5.74) is 1.83. The van der Waals surface area contributed by atoms with E-state index in [1.165, 1.54) is 18.2 Å². The Balaban J connectivity index is 2.24. The van der Waals surface area contributed by atoms with Crippen LogP contribution in [-0.2, 0) is 0 Å². The zero-order valence-corrected chi connectivity index (χ0v) is 11.6. The first-order chi connectivity index (χ1) is 9.95. The van der Waals surface area contributed by atoms with Crippen molar-refractivity contribution in [2.24, 2.45) is 0 Å². The molecule has 0 saturated carbocycles. The van der Waals surface area contributed by atoms with Gasteiger partial charge in [0.15, 0.2) is 0 Å². The van der Waals surface area contributed by atoms with Crippen LogP contribution in [0.4, 0.5) is 8.78 Å². The number of esters is 1. The molecule has 2 aromatic rings. The van der Waals surface area contributed by atoms with E-state index in [1.54, 1.807) is 18.2 Å². The average molecular weight is 292 g/mol. The lowest BCUT2D eigenvalue weighted by molar-refractivity contribution is -0.0503.